The molecule has 0 fully saturated rings. The van der Waals surface area contributed by atoms with Gasteiger partial charge in [-0.05, 0) is 24.6 Å². The maximum absolute atomic E-state index is 5.70. The van der Waals surface area contributed by atoms with Gasteiger partial charge in [0.05, 0.1) is 19.3 Å². The highest BCUT2D eigenvalue weighted by Gasteiger charge is 2.14. The Labute approximate surface area is 117 Å². The van der Waals surface area contributed by atoms with Crippen LogP contribution in [-0.4, -0.2) is 28.2 Å². The van der Waals surface area contributed by atoms with Crippen molar-refractivity contribution < 1.29 is 9.47 Å². The molecule has 0 saturated heterocycles. The molecule has 2 heterocycles. The Balaban J connectivity index is 1.78. The van der Waals surface area contributed by atoms with Crippen LogP contribution in [0.25, 0.3) is 0 Å². The van der Waals surface area contributed by atoms with E-state index in [2.05, 4.69) is 20.3 Å². The van der Waals surface area contributed by atoms with E-state index < -0.39 is 0 Å². The van der Waals surface area contributed by atoms with Crippen LogP contribution in [-0.2, 0) is 0 Å². The van der Waals surface area contributed by atoms with E-state index in [0.29, 0.717) is 19.2 Å². The number of fused-ring (bicyclic) bond motifs is 1. The Morgan fingerprint density at radius 2 is 1.85 bits per heavy atom. The number of nitrogens with one attached hydrogen (secondary N) is 1. The molecule has 0 spiro atoms. The van der Waals surface area contributed by atoms with Gasteiger partial charge in [0.2, 0.25) is 5.95 Å². The molecule has 3 rings (SSSR count). The first kappa shape index (κ1) is 12.7. The van der Waals surface area contributed by atoms with Gasteiger partial charge in [0, 0.05) is 6.42 Å². The zero-order valence-corrected chi connectivity index (χ0v) is 11.2. The van der Waals surface area contributed by atoms with Crippen molar-refractivity contribution >= 4 is 5.95 Å². The fraction of sp³-hybridized carbons (Fsp3) is 0.357. The zero-order valence-electron chi connectivity index (χ0n) is 11.2. The predicted octanol–water partition coefficient (Wildman–Crippen LogP) is 2.21. The molecule has 6 heteroatoms. The lowest BCUT2D eigenvalue weighted by molar-refractivity contribution is 0.297. The molecule has 1 N–H and O–H groups in total. The van der Waals surface area contributed by atoms with E-state index in [4.69, 9.17) is 9.47 Å². The average molecular weight is 272 g/mol. The molecule has 0 bridgehead atoms. The summed E-state index contributed by atoms with van der Waals surface area (Å²) in [6, 6.07) is 6.03. The Hall–Kier alpha value is -2.37. The second-order valence-electron chi connectivity index (χ2n) is 4.58. The average Bonchev–Trinajstić information content (AvgIpc) is 2.72. The summed E-state index contributed by atoms with van der Waals surface area (Å²) in [6.07, 6.45) is 3.84. The van der Waals surface area contributed by atoms with Crippen molar-refractivity contribution in [2.75, 3.05) is 18.5 Å². The summed E-state index contributed by atoms with van der Waals surface area (Å²) in [5.74, 6) is 2.16. The van der Waals surface area contributed by atoms with Crippen molar-refractivity contribution in [3.63, 3.8) is 0 Å². The standard InChI is InChI=1S/C14H16N4O2/c1-10(18-14-16-8-15-9-17-14)11-3-4-12-13(7-11)20-6-2-5-19-12/h3-4,7-10H,2,5-6H2,1H3,(H,15,16,17,18)/t10-/m0/s1. The highest BCUT2D eigenvalue weighted by Crippen LogP contribution is 2.32. The van der Waals surface area contributed by atoms with Gasteiger partial charge < -0.3 is 14.8 Å². The molecule has 0 amide bonds. The molecule has 1 aromatic carbocycles. The maximum atomic E-state index is 5.70. The third-order valence-corrected chi connectivity index (χ3v) is 3.11. The van der Waals surface area contributed by atoms with Crippen LogP contribution in [0.1, 0.15) is 24.9 Å². The minimum atomic E-state index is 0.0644. The summed E-state index contributed by atoms with van der Waals surface area (Å²) in [7, 11) is 0. The summed E-state index contributed by atoms with van der Waals surface area (Å²) < 4.78 is 11.3. The van der Waals surface area contributed by atoms with Crippen LogP contribution in [0.3, 0.4) is 0 Å². The highest BCUT2D eigenvalue weighted by atomic mass is 16.5. The van der Waals surface area contributed by atoms with Gasteiger partial charge in [-0.25, -0.2) is 15.0 Å². The third kappa shape index (κ3) is 2.79. The first-order valence-electron chi connectivity index (χ1n) is 6.61. The van der Waals surface area contributed by atoms with Crippen molar-refractivity contribution in [3.05, 3.63) is 36.4 Å². The lowest BCUT2D eigenvalue weighted by Crippen LogP contribution is -2.09. The van der Waals surface area contributed by atoms with E-state index in [9.17, 15) is 0 Å². The van der Waals surface area contributed by atoms with E-state index in [-0.39, 0.29) is 6.04 Å². The van der Waals surface area contributed by atoms with Crippen LogP contribution in [0.5, 0.6) is 11.5 Å². The molecular weight excluding hydrogens is 256 g/mol. The van der Waals surface area contributed by atoms with Crippen LogP contribution in [0.4, 0.5) is 5.95 Å². The molecule has 6 nitrogen and oxygen atoms in total. The van der Waals surface area contributed by atoms with Crippen LogP contribution in [0.15, 0.2) is 30.9 Å². The summed E-state index contributed by atoms with van der Waals surface area (Å²) in [4.78, 5) is 11.9. The predicted molar refractivity (Wildman–Crippen MR) is 73.9 cm³/mol. The Morgan fingerprint density at radius 1 is 1.10 bits per heavy atom. The van der Waals surface area contributed by atoms with E-state index >= 15 is 0 Å². The fourth-order valence-electron chi connectivity index (χ4n) is 2.04. The van der Waals surface area contributed by atoms with Gasteiger partial charge in [-0.3, -0.25) is 0 Å². The van der Waals surface area contributed by atoms with Crippen LogP contribution >= 0.6 is 0 Å². The number of ether oxygens (including phenoxy) is 2. The van der Waals surface area contributed by atoms with E-state index in [1.165, 1.54) is 12.7 Å². The molecule has 0 unspecified atom stereocenters. The smallest absolute Gasteiger partial charge is 0.226 e. The van der Waals surface area contributed by atoms with Crippen molar-refractivity contribution in [2.24, 2.45) is 0 Å². The summed E-state index contributed by atoms with van der Waals surface area (Å²) in [5, 5.41) is 3.22. The number of rotatable bonds is 3. The van der Waals surface area contributed by atoms with Gasteiger partial charge >= 0.3 is 0 Å². The number of hydrogen-bond donors (Lipinski definition) is 1. The van der Waals surface area contributed by atoms with Gasteiger partial charge in [-0.2, -0.15) is 0 Å². The molecule has 104 valence electrons. The second-order valence-corrected chi connectivity index (χ2v) is 4.58. The number of anilines is 1. The summed E-state index contributed by atoms with van der Waals surface area (Å²) in [6.45, 7) is 3.43. The fourth-order valence-corrected chi connectivity index (χ4v) is 2.04. The van der Waals surface area contributed by atoms with Crippen molar-refractivity contribution in [1.29, 1.82) is 0 Å². The number of aromatic nitrogens is 3. The second kappa shape index (κ2) is 5.73. The summed E-state index contributed by atoms with van der Waals surface area (Å²) >= 11 is 0. The van der Waals surface area contributed by atoms with E-state index in [0.717, 1.165) is 23.5 Å². The minimum absolute atomic E-state index is 0.0644. The van der Waals surface area contributed by atoms with Crippen molar-refractivity contribution in [3.8, 4) is 11.5 Å². The zero-order chi connectivity index (χ0) is 13.8. The first-order valence-corrected chi connectivity index (χ1v) is 6.61. The molecule has 1 atom stereocenters. The molecule has 1 aliphatic rings. The number of nitrogens with zero attached hydrogens (tertiary/aromatic N) is 3. The lowest BCUT2D eigenvalue weighted by atomic mass is 10.1. The lowest BCUT2D eigenvalue weighted by Gasteiger charge is -2.16. The molecule has 0 aliphatic carbocycles. The quantitative estimate of drug-likeness (QED) is 0.923. The SMILES string of the molecule is C[C@H](Nc1ncncn1)c1ccc2c(c1)OCCCO2. The van der Waals surface area contributed by atoms with E-state index in [1.807, 2.05) is 25.1 Å². The number of hydrogen-bond acceptors (Lipinski definition) is 6. The molecule has 1 aliphatic heterocycles. The molecule has 20 heavy (non-hydrogen) atoms. The Bertz CT molecular complexity index is 577. The van der Waals surface area contributed by atoms with E-state index in [1.54, 1.807) is 0 Å². The largest absolute Gasteiger partial charge is 0.490 e. The normalized spacial score (nSPS) is 15.2. The Kier molecular flexibility index (Phi) is 3.62. The number of benzene rings is 1. The molecular formula is C14H16N4O2. The van der Waals surface area contributed by atoms with Crippen molar-refractivity contribution in [1.82, 2.24) is 15.0 Å². The molecule has 1 aromatic heterocycles. The summed E-state index contributed by atoms with van der Waals surface area (Å²) in [5.41, 5.74) is 1.09. The first-order chi connectivity index (χ1) is 9.83. The molecule has 0 saturated carbocycles. The van der Waals surface area contributed by atoms with Crippen LogP contribution < -0.4 is 14.8 Å². The van der Waals surface area contributed by atoms with Gasteiger partial charge in [-0.15, -0.1) is 0 Å². The highest BCUT2D eigenvalue weighted by molar-refractivity contribution is 5.45. The van der Waals surface area contributed by atoms with Crippen LogP contribution in [0.2, 0.25) is 0 Å². The van der Waals surface area contributed by atoms with Gasteiger partial charge in [0.1, 0.15) is 12.7 Å². The topological polar surface area (TPSA) is 69.2 Å². The van der Waals surface area contributed by atoms with Gasteiger partial charge in [0.15, 0.2) is 11.5 Å². The molecule has 2 aromatic rings. The van der Waals surface area contributed by atoms with Crippen LogP contribution in [0, 0.1) is 0 Å². The van der Waals surface area contributed by atoms with Gasteiger partial charge in [-0.1, -0.05) is 6.07 Å². The minimum Gasteiger partial charge on any atom is -0.490 e. The van der Waals surface area contributed by atoms with Crippen molar-refractivity contribution in [2.45, 2.75) is 19.4 Å². The third-order valence-electron chi connectivity index (χ3n) is 3.11. The monoisotopic (exact) mass is 272 g/mol. The Morgan fingerprint density at radius 3 is 2.65 bits per heavy atom. The molecule has 0 radical (unpaired) electrons. The maximum Gasteiger partial charge on any atom is 0.226 e. The van der Waals surface area contributed by atoms with Gasteiger partial charge in [0.25, 0.3) is 0 Å².